The van der Waals surface area contributed by atoms with E-state index < -0.39 is 12.6 Å². The number of anilines is 1. The summed E-state index contributed by atoms with van der Waals surface area (Å²) in [5, 5.41) is 12.2. The summed E-state index contributed by atoms with van der Waals surface area (Å²) in [7, 11) is 1.75. The Morgan fingerprint density at radius 3 is 2.71 bits per heavy atom. The molecule has 180 valence electrons. The van der Waals surface area contributed by atoms with Crippen LogP contribution in [0.5, 0.6) is 5.75 Å². The molecule has 0 fully saturated rings. The number of thioether (sulfide) groups is 1. The number of nitrogens with zero attached hydrogens (tertiary/aromatic N) is 3. The normalized spacial score (nSPS) is 12.6. The maximum absolute atomic E-state index is 12.6. The van der Waals surface area contributed by atoms with Crippen molar-refractivity contribution >= 4 is 40.0 Å². The lowest BCUT2D eigenvalue weighted by Gasteiger charge is -2.08. The number of hydrogen-bond acceptors (Lipinski definition) is 8. The van der Waals surface area contributed by atoms with Crippen molar-refractivity contribution < 1.29 is 27.8 Å². The maximum atomic E-state index is 12.6. The van der Waals surface area contributed by atoms with Gasteiger partial charge in [-0.25, -0.2) is 4.79 Å². The average molecular weight is 509 g/mol. The van der Waals surface area contributed by atoms with Crippen LogP contribution >= 0.6 is 23.1 Å². The molecule has 0 bridgehead atoms. The fraction of sp³-hybridized carbons (Fsp3) is 0.364. The van der Waals surface area contributed by atoms with E-state index in [0.717, 1.165) is 29.7 Å². The predicted octanol–water partition coefficient (Wildman–Crippen LogP) is 4.54. The molecule has 8 nitrogen and oxygen atoms in total. The van der Waals surface area contributed by atoms with Gasteiger partial charge in [0, 0.05) is 17.5 Å². The topological polar surface area (TPSA) is 95.3 Å². The molecular weight excluding hydrogens is 486 g/mol. The number of carbonyl (C=O) groups excluding carboxylic acids is 2. The second kappa shape index (κ2) is 10.5. The number of rotatable bonds is 9. The molecule has 2 heterocycles. The highest BCUT2D eigenvalue weighted by atomic mass is 32.2. The molecule has 34 heavy (non-hydrogen) atoms. The van der Waals surface area contributed by atoms with Gasteiger partial charge in [-0.15, -0.1) is 21.5 Å². The quantitative estimate of drug-likeness (QED) is 0.335. The van der Waals surface area contributed by atoms with E-state index >= 15 is 0 Å². The summed E-state index contributed by atoms with van der Waals surface area (Å²) in [5.41, 5.74) is 2.12. The van der Waals surface area contributed by atoms with Crippen molar-refractivity contribution in [2.75, 3.05) is 17.7 Å². The van der Waals surface area contributed by atoms with E-state index in [9.17, 15) is 18.4 Å². The summed E-state index contributed by atoms with van der Waals surface area (Å²) < 4.78 is 35.9. The number of nitrogens with one attached hydrogen (secondary N) is 1. The predicted molar refractivity (Wildman–Crippen MR) is 125 cm³/mol. The Labute approximate surface area is 202 Å². The van der Waals surface area contributed by atoms with E-state index in [0.29, 0.717) is 27.1 Å². The van der Waals surface area contributed by atoms with Crippen molar-refractivity contribution in [2.45, 2.75) is 38.0 Å². The van der Waals surface area contributed by atoms with Crippen LogP contribution in [0, 0.1) is 0 Å². The summed E-state index contributed by atoms with van der Waals surface area (Å²) in [5.74, 6) is -0.0428. The first-order valence-electron chi connectivity index (χ1n) is 10.6. The number of ether oxygens (including phenoxy) is 2. The summed E-state index contributed by atoms with van der Waals surface area (Å²) in [6, 6.07) is 6.07. The van der Waals surface area contributed by atoms with Crippen LogP contribution < -0.4 is 10.1 Å². The minimum Gasteiger partial charge on any atom is -0.462 e. The van der Waals surface area contributed by atoms with Gasteiger partial charge < -0.3 is 19.4 Å². The first kappa shape index (κ1) is 24.1. The molecule has 2 aromatic heterocycles. The van der Waals surface area contributed by atoms with Crippen molar-refractivity contribution in [2.24, 2.45) is 7.05 Å². The Kier molecular flexibility index (Phi) is 7.47. The molecule has 1 N–H and O–H groups in total. The second-order valence-electron chi connectivity index (χ2n) is 7.39. The standard InChI is InChI=1S/C22H22F2N4O4S2/c1-3-31-20(30)17-14-5-4-6-15(14)34-19(17)25-16(29)11-33-22-27-26-18(28(22)2)12-7-9-13(10-8-12)32-21(23)24/h7-10,21H,3-6,11H2,1-2H3,(H,25,29). The Balaban J connectivity index is 1.41. The van der Waals surface area contributed by atoms with E-state index in [2.05, 4.69) is 20.3 Å². The zero-order chi connectivity index (χ0) is 24.2. The average Bonchev–Trinajstić information content (AvgIpc) is 3.47. The molecular formula is C22H22F2N4O4S2. The van der Waals surface area contributed by atoms with Crippen LogP contribution in [0.25, 0.3) is 11.4 Å². The number of thiophene rings is 1. The summed E-state index contributed by atoms with van der Waals surface area (Å²) in [6.45, 7) is -0.873. The van der Waals surface area contributed by atoms with Crippen molar-refractivity contribution in [1.29, 1.82) is 0 Å². The molecule has 0 atom stereocenters. The first-order chi connectivity index (χ1) is 16.4. The van der Waals surface area contributed by atoms with Gasteiger partial charge in [0.25, 0.3) is 0 Å². The number of hydrogen-bond donors (Lipinski definition) is 1. The van der Waals surface area contributed by atoms with Gasteiger partial charge in [-0.2, -0.15) is 8.78 Å². The number of fused-ring (bicyclic) bond motifs is 1. The highest BCUT2D eigenvalue weighted by molar-refractivity contribution is 7.99. The fourth-order valence-corrected chi connectivity index (χ4v) is 5.69. The summed E-state index contributed by atoms with van der Waals surface area (Å²) >= 11 is 2.63. The Hall–Kier alpha value is -2.99. The van der Waals surface area contributed by atoms with Crippen LogP contribution in [-0.4, -0.2) is 45.6 Å². The highest BCUT2D eigenvalue weighted by Crippen LogP contribution is 2.39. The third-order valence-corrected chi connectivity index (χ3v) is 7.39. The van der Waals surface area contributed by atoms with Gasteiger partial charge in [0.1, 0.15) is 10.8 Å². The SMILES string of the molecule is CCOC(=O)c1c(NC(=O)CSc2nnc(-c3ccc(OC(F)F)cc3)n2C)sc2c1CCC2. The molecule has 0 saturated carbocycles. The molecule has 12 heteroatoms. The molecule has 1 aliphatic rings. The smallest absolute Gasteiger partial charge is 0.387 e. The van der Waals surface area contributed by atoms with Gasteiger partial charge in [0.05, 0.1) is 17.9 Å². The number of halogens is 2. The first-order valence-corrected chi connectivity index (χ1v) is 12.4. The van der Waals surface area contributed by atoms with Crippen molar-refractivity contribution in [1.82, 2.24) is 14.8 Å². The molecule has 1 aromatic carbocycles. The molecule has 3 aromatic rings. The molecule has 0 spiro atoms. The lowest BCUT2D eigenvalue weighted by molar-refractivity contribution is -0.113. The largest absolute Gasteiger partial charge is 0.462 e. The van der Waals surface area contributed by atoms with Crippen molar-refractivity contribution in [3.8, 4) is 17.1 Å². The Bertz CT molecular complexity index is 1190. The molecule has 0 saturated heterocycles. The number of aryl methyl sites for hydroxylation is 1. The maximum Gasteiger partial charge on any atom is 0.387 e. The number of benzene rings is 1. The number of esters is 1. The van der Waals surface area contributed by atoms with Crippen LogP contribution in [0.15, 0.2) is 29.4 Å². The number of carbonyl (C=O) groups is 2. The Morgan fingerprint density at radius 2 is 2.00 bits per heavy atom. The van der Waals surface area contributed by atoms with Gasteiger partial charge in [-0.3, -0.25) is 4.79 Å². The zero-order valence-corrected chi connectivity index (χ0v) is 20.1. The minimum atomic E-state index is -2.89. The molecule has 1 aliphatic carbocycles. The minimum absolute atomic E-state index is 0.0499. The zero-order valence-electron chi connectivity index (χ0n) is 18.5. The van der Waals surface area contributed by atoms with Crippen molar-refractivity contribution in [3.63, 3.8) is 0 Å². The van der Waals surface area contributed by atoms with E-state index in [-0.39, 0.29) is 24.0 Å². The van der Waals surface area contributed by atoms with Crippen LogP contribution in [-0.2, 0) is 29.4 Å². The molecule has 0 unspecified atom stereocenters. The number of amides is 1. The summed E-state index contributed by atoms with van der Waals surface area (Å²) in [4.78, 5) is 26.2. The van der Waals surface area contributed by atoms with Crippen LogP contribution in [0.2, 0.25) is 0 Å². The third-order valence-electron chi connectivity index (χ3n) is 5.16. The van der Waals surface area contributed by atoms with E-state index in [1.165, 1.54) is 35.2 Å². The van der Waals surface area contributed by atoms with E-state index in [1.807, 2.05) is 0 Å². The van der Waals surface area contributed by atoms with E-state index in [1.54, 1.807) is 30.7 Å². The van der Waals surface area contributed by atoms with Gasteiger partial charge in [0.2, 0.25) is 5.91 Å². The van der Waals surface area contributed by atoms with Crippen LogP contribution in [0.1, 0.15) is 34.1 Å². The third kappa shape index (κ3) is 5.22. The second-order valence-corrected chi connectivity index (χ2v) is 9.43. The lowest BCUT2D eigenvalue weighted by atomic mass is 10.1. The van der Waals surface area contributed by atoms with Crippen molar-refractivity contribution in [3.05, 3.63) is 40.3 Å². The number of alkyl halides is 2. The van der Waals surface area contributed by atoms with Crippen LogP contribution in [0.3, 0.4) is 0 Å². The number of aromatic nitrogens is 3. The van der Waals surface area contributed by atoms with Gasteiger partial charge in [-0.05, 0) is 56.0 Å². The van der Waals surface area contributed by atoms with Gasteiger partial charge in [-0.1, -0.05) is 11.8 Å². The summed E-state index contributed by atoms with van der Waals surface area (Å²) in [6.07, 6.45) is 2.70. The lowest BCUT2D eigenvalue weighted by Crippen LogP contribution is -2.17. The van der Waals surface area contributed by atoms with E-state index in [4.69, 9.17) is 4.74 Å². The van der Waals surface area contributed by atoms with Gasteiger partial charge in [0.15, 0.2) is 11.0 Å². The molecule has 0 radical (unpaired) electrons. The highest BCUT2D eigenvalue weighted by Gasteiger charge is 2.28. The van der Waals surface area contributed by atoms with Gasteiger partial charge >= 0.3 is 12.6 Å². The Morgan fingerprint density at radius 1 is 1.24 bits per heavy atom. The fourth-order valence-electron chi connectivity index (χ4n) is 3.68. The molecule has 4 rings (SSSR count). The van der Waals surface area contributed by atoms with Crippen LogP contribution in [0.4, 0.5) is 13.8 Å². The molecule has 0 aliphatic heterocycles. The monoisotopic (exact) mass is 508 g/mol. The molecule has 1 amide bonds.